The molecule has 1 atom stereocenters. The van der Waals surface area contributed by atoms with Crippen LogP contribution in [0, 0.1) is 0 Å². The molecule has 1 aliphatic heterocycles. The molecule has 1 unspecified atom stereocenters. The number of aryl methyl sites for hydroxylation is 1. The lowest BCUT2D eigenvalue weighted by Crippen LogP contribution is -2.42. The normalized spacial score (nSPS) is 15.3. The predicted molar refractivity (Wildman–Crippen MR) is 127 cm³/mol. The van der Waals surface area contributed by atoms with Gasteiger partial charge in [-0.25, -0.2) is 14.8 Å². The molecule has 194 valence electrons. The number of methoxy groups -OCH3 is 1. The highest BCUT2D eigenvalue weighted by Gasteiger charge is 2.55. The van der Waals surface area contributed by atoms with Gasteiger partial charge >= 0.3 is 12.2 Å². The van der Waals surface area contributed by atoms with Crippen LogP contribution < -0.4 is 15.4 Å². The zero-order chi connectivity index (χ0) is 26.4. The number of carbonyl (C=O) groups is 1. The van der Waals surface area contributed by atoms with Gasteiger partial charge in [-0.05, 0) is 44.2 Å². The first-order chi connectivity index (χ1) is 17.6. The van der Waals surface area contributed by atoms with Gasteiger partial charge in [-0.2, -0.15) is 18.3 Å². The van der Waals surface area contributed by atoms with Crippen LogP contribution >= 0.6 is 0 Å². The van der Waals surface area contributed by atoms with E-state index in [0.29, 0.717) is 23.7 Å². The number of carbonyl (C=O) groups excluding carboxylic acids is 1. The van der Waals surface area contributed by atoms with Gasteiger partial charge in [-0.15, -0.1) is 0 Å². The third kappa shape index (κ3) is 4.40. The summed E-state index contributed by atoms with van der Waals surface area (Å²) in [5, 5.41) is 10.6. The molecular formula is C24H24F3N7O3. The van der Waals surface area contributed by atoms with E-state index < -0.39 is 17.8 Å². The second-order valence-electron chi connectivity index (χ2n) is 8.74. The van der Waals surface area contributed by atoms with Gasteiger partial charge in [0.15, 0.2) is 5.82 Å². The number of anilines is 1. The van der Waals surface area contributed by atoms with Crippen LogP contribution in [0.5, 0.6) is 11.6 Å². The van der Waals surface area contributed by atoms with Gasteiger partial charge < -0.3 is 14.8 Å². The molecule has 0 fully saturated rings. The SMILES string of the molecule is COC(C)(c1cc(NC(=O)n2ccc3cc(Oc4ncnc5c4CCNC5)ccc32)nn1C)C(F)(F)F. The number of fused-ring (bicyclic) bond motifs is 2. The van der Waals surface area contributed by atoms with Crippen LogP contribution in [0.3, 0.4) is 0 Å². The van der Waals surface area contributed by atoms with Crippen molar-refractivity contribution in [3.63, 3.8) is 0 Å². The minimum absolute atomic E-state index is 0.0418. The zero-order valence-corrected chi connectivity index (χ0v) is 20.3. The number of benzene rings is 1. The van der Waals surface area contributed by atoms with Gasteiger partial charge in [-0.3, -0.25) is 14.6 Å². The smallest absolute Gasteiger partial charge is 0.422 e. The van der Waals surface area contributed by atoms with E-state index in [2.05, 4.69) is 25.7 Å². The molecule has 0 saturated heterocycles. The van der Waals surface area contributed by atoms with Crippen molar-refractivity contribution in [1.82, 2.24) is 29.6 Å². The maximum atomic E-state index is 13.6. The third-order valence-electron chi connectivity index (χ3n) is 6.49. The van der Waals surface area contributed by atoms with E-state index in [1.54, 1.807) is 30.5 Å². The standard InChI is InChI=1S/C24H24F3N7O3/c1-23(36-3,24(25,26)27)19-11-20(32-33(19)2)31-22(35)34-9-7-14-10-15(4-5-18(14)34)37-21-16-6-8-28-12-17(16)29-13-30-21/h4-5,7,9-11,13,28H,6,8,12H2,1-3H3,(H,31,32,35). The van der Waals surface area contributed by atoms with Gasteiger partial charge in [-0.1, -0.05) is 0 Å². The van der Waals surface area contributed by atoms with Gasteiger partial charge in [0, 0.05) is 43.9 Å². The van der Waals surface area contributed by atoms with Crippen molar-refractivity contribution in [3.8, 4) is 11.6 Å². The van der Waals surface area contributed by atoms with E-state index in [9.17, 15) is 18.0 Å². The number of nitrogens with one attached hydrogen (secondary N) is 2. The van der Waals surface area contributed by atoms with Crippen LogP contribution in [0.2, 0.25) is 0 Å². The summed E-state index contributed by atoms with van der Waals surface area (Å²) in [7, 11) is 2.32. The number of aromatic nitrogens is 5. The Hall–Kier alpha value is -3.97. The molecule has 4 heterocycles. The molecule has 0 spiro atoms. The predicted octanol–water partition coefficient (Wildman–Crippen LogP) is 4.11. The van der Waals surface area contributed by atoms with E-state index >= 15 is 0 Å². The van der Waals surface area contributed by atoms with Crippen LogP contribution in [0.15, 0.2) is 42.9 Å². The van der Waals surface area contributed by atoms with E-state index in [1.165, 1.54) is 17.9 Å². The van der Waals surface area contributed by atoms with Gasteiger partial charge in [0.25, 0.3) is 0 Å². The topological polar surface area (TPSA) is 108 Å². The van der Waals surface area contributed by atoms with Crippen molar-refractivity contribution in [2.24, 2.45) is 7.05 Å². The number of ether oxygens (including phenoxy) is 2. The fourth-order valence-corrected chi connectivity index (χ4v) is 4.32. The van der Waals surface area contributed by atoms with Crippen molar-refractivity contribution in [3.05, 3.63) is 59.8 Å². The lowest BCUT2D eigenvalue weighted by atomic mass is 10.0. The van der Waals surface area contributed by atoms with E-state index in [0.717, 1.165) is 54.4 Å². The lowest BCUT2D eigenvalue weighted by molar-refractivity contribution is -0.271. The quantitative estimate of drug-likeness (QED) is 0.412. The molecular weight excluding hydrogens is 491 g/mol. The summed E-state index contributed by atoms with van der Waals surface area (Å²) in [5.41, 5.74) is -0.401. The molecule has 0 saturated carbocycles. The number of amides is 1. The maximum absolute atomic E-state index is 13.6. The minimum Gasteiger partial charge on any atom is -0.439 e. The van der Waals surface area contributed by atoms with Gasteiger partial charge in [0.2, 0.25) is 11.5 Å². The highest BCUT2D eigenvalue weighted by molar-refractivity contribution is 5.98. The molecule has 37 heavy (non-hydrogen) atoms. The van der Waals surface area contributed by atoms with E-state index in [1.807, 2.05) is 0 Å². The summed E-state index contributed by atoms with van der Waals surface area (Å²) in [6, 6.07) is 7.50. The molecule has 10 nitrogen and oxygen atoms in total. The number of halogens is 3. The number of alkyl halides is 3. The Morgan fingerprint density at radius 3 is 2.76 bits per heavy atom. The molecule has 13 heteroatoms. The molecule has 5 rings (SSSR count). The molecule has 2 N–H and O–H groups in total. The van der Waals surface area contributed by atoms with Crippen molar-refractivity contribution >= 4 is 22.8 Å². The zero-order valence-electron chi connectivity index (χ0n) is 20.3. The lowest BCUT2D eigenvalue weighted by Gasteiger charge is -2.30. The Kier molecular flexibility index (Phi) is 6.12. The van der Waals surface area contributed by atoms with E-state index in [-0.39, 0.29) is 11.5 Å². The average molecular weight is 515 g/mol. The summed E-state index contributed by atoms with van der Waals surface area (Å²) in [6.45, 7) is 2.37. The molecule has 0 aliphatic carbocycles. The van der Waals surface area contributed by atoms with Crippen molar-refractivity contribution < 1.29 is 27.4 Å². The summed E-state index contributed by atoms with van der Waals surface area (Å²) in [5.74, 6) is 1.00. The first-order valence-electron chi connectivity index (χ1n) is 11.4. The summed E-state index contributed by atoms with van der Waals surface area (Å²) in [4.78, 5) is 21.5. The average Bonchev–Trinajstić information content (AvgIpc) is 3.46. The molecule has 1 amide bonds. The fourth-order valence-electron chi connectivity index (χ4n) is 4.32. The van der Waals surface area contributed by atoms with Crippen LogP contribution in [-0.4, -0.2) is 50.2 Å². The second-order valence-corrected chi connectivity index (χ2v) is 8.74. The molecule has 1 aromatic carbocycles. The Labute approximate surface area is 209 Å². The Balaban J connectivity index is 1.37. The second kappa shape index (κ2) is 9.16. The molecule has 3 aromatic heterocycles. The van der Waals surface area contributed by atoms with Crippen LogP contribution in [0.4, 0.5) is 23.8 Å². The first-order valence-corrected chi connectivity index (χ1v) is 11.4. The number of hydrogen-bond donors (Lipinski definition) is 2. The van der Waals surface area contributed by atoms with Crippen molar-refractivity contribution in [2.45, 2.75) is 31.7 Å². The third-order valence-corrected chi connectivity index (χ3v) is 6.49. The van der Waals surface area contributed by atoms with Crippen LogP contribution in [-0.2, 0) is 30.4 Å². The van der Waals surface area contributed by atoms with Gasteiger partial charge in [0.1, 0.15) is 12.1 Å². The van der Waals surface area contributed by atoms with E-state index in [4.69, 9.17) is 9.47 Å². The fraction of sp³-hybridized carbons (Fsp3) is 0.333. The Bertz CT molecular complexity index is 1480. The highest BCUT2D eigenvalue weighted by atomic mass is 19.4. The summed E-state index contributed by atoms with van der Waals surface area (Å²) < 4.78 is 54.0. The number of rotatable bonds is 5. The Morgan fingerprint density at radius 1 is 1.19 bits per heavy atom. The molecule has 0 bridgehead atoms. The molecule has 4 aromatic rings. The monoisotopic (exact) mass is 515 g/mol. The number of hydrogen-bond acceptors (Lipinski definition) is 7. The Morgan fingerprint density at radius 2 is 2.00 bits per heavy atom. The molecule has 0 radical (unpaired) electrons. The maximum Gasteiger partial charge on any atom is 0.422 e. The van der Waals surface area contributed by atoms with Crippen LogP contribution in [0.1, 0.15) is 23.9 Å². The summed E-state index contributed by atoms with van der Waals surface area (Å²) >= 11 is 0. The summed E-state index contributed by atoms with van der Waals surface area (Å²) in [6.07, 6.45) is -0.907. The minimum atomic E-state index is -4.69. The number of nitrogens with zero attached hydrogens (tertiary/aromatic N) is 5. The van der Waals surface area contributed by atoms with Crippen molar-refractivity contribution in [2.75, 3.05) is 19.0 Å². The first kappa shape index (κ1) is 24.7. The van der Waals surface area contributed by atoms with Crippen molar-refractivity contribution in [1.29, 1.82) is 0 Å². The van der Waals surface area contributed by atoms with Gasteiger partial charge in [0.05, 0.1) is 16.9 Å². The largest absolute Gasteiger partial charge is 0.439 e. The highest BCUT2D eigenvalue weighted by Crippen LogP contribution is 2.42. The molecule has 1 aliphatic rings. The van der Waals surface area contributed by atoms with Crippen LogP contribution in [0.25, 0.3) is 10.9 Å².